The minimum atomic E-state index is -0.680. The van der Waals surface area contributed by atoms with Crippen LogP contribution in [-0.4, -0.2) is 17.9 Å². The molecule has 0 bridgehead atoms. The van der Waals surface area contributed by atoms with E-state index >= 15 is 0 Å². The SMILES string of the molecule is Cc1cc(NC(=O)C(C)Oc2ccc(-c3ccccc3)cc2)ccc1NC(=O)c1ccccc1. The number of hydrogen-bond donors (Lipinski definition) is 2. The number of amides is 2. The van der Waals surface area contributed by atoms with Gasteiger partial charge in [-0.3, -0.25) is 9.59 Å². The van der Waals surface area contributed by atoms with Crippen LogP contribution < -0.4 is 15.4 Å². The van der Waals surface area contributed by atoms with E-state index in [0.29, 0.717) is 22.7 Å². The van der Waals surface area contributed by atoms with Crippen molar-refractivity contribution < 1.29 is 14.3 Å². The molecule has 5 heteroatoms. The zero-order chi connectivity index (χ0) is 23.9. The molecule has 34 heavy (non-hydrogen) atoms. The number of anilines is 2. The Balaban J connectivity index is 1.34. The molecule has 4 aromatic carbocycles. The first-order valence-electron chi connectivity index (χ1n) is 11.1. The van der Waals surface area contributed by atoms with Crippen LogP contribution in [0.25, 0.3) is 11.1 Å². The fourth-order valence-electron chi connectivity index (χ4n) is 3.52. The molecule has 0 saturated heterocycles. The van der Waals surface area contributed by atoms with Gasteiger partial charge in [0.05, 0.1) is 0 Å². The number of benzene rings is 4. The summed E-state index contributed by atoms with van der Waals surface area (Å²) in [4.78, 5) is 25.1. The van der Waals surface area contributed by atoms with Gasteiger partial charge in [-0.2, -0.15) is 0 Å². The summed E-state index contributed by atoms with van der Waals surface area (Å²) in [5, 5.41) is 5.78. The number of hydrogen-bond acceptors (Lipinski definition) is 3. The number of carbonyl (C=O) groups excluding carboxylic acids is 2. The molecular weight excluding hydrogens is 424 g/mol. The van der Waals surface area contributed by atoms with Crippen molar-refractivity contribution in [2.75, 3.05) is 10.6 Å². The zero-order valence-corrected chi connectivity index (χ0v) is 19.1. The van der Waals surface area contributed by atoms with Crippen molar-refractivity contribution in [2.45, 2.75) is 20.0 Å². The molecule has 0 spiro atoms. The smallest absolute Gasteiger partial charge is 0.265 e. The molecule has 0 aromatic heterocycles. The molecule has 0 aliphatic rings. The Kier molecular flexibility index (Phi) is 7.04. The number of rotatable bonds is 7. The van der Waals surface area contributed by atoms with Gasteiger partial charge >= 0.3 is 0 Å². The standard InChI is InChI=1S/C29H26N2O3/c1-20-19-25(15-18-27(20)31-29(33)24-11-7-4-8-12-24)30-28(32)21(2)34-26-16-13-23(14-17-26)22-9-5-3-6-10-22/h3-19,21H,1-2H3,(H,30,32)(H,31,33). The van der Waals surface area contributed by atoms with E-state index in [9.17, 15) is 9.59 Å². The second-order valence-electron chi connectivity index (χ2n) is 7.99. The Morgan fingerprint density at radius 2 is 1.35 bits per heavy atom. The quantitative estimate of drug-likeness (QED) is 0.346. The highest BCUT2D eigenvalue weighted by Gasteiger charge is 2.16. The van der Waals surface area contributed by atoms with Gasteiger partial charge < -0.3 is 15.4 Å². The Bertz CT molecular complexity index is 1270. The van der Waals surface area contributed by atoms with Gasteiger partial charge in [-0.25, -0.2) is 0 Å². The predicted octanol–water partition coefficient (Wildman–Crippen LogP) is 6.32. The molecular formula is C29H26N2O3. The summed E-state index contributed by atoms with van der Waals surface area (Å²) in [7, 11) is 0. The molecule has 0 saturated carbocycles. The van der Waals surface area contributed by atoms with Gasteiger partial charge in [-0.05, 0) is 73.0 Å². The molecule has 0 aliphatic heterocycles. The van der Waals surface area contributed by atoms with Gasteiger partial charge in [-0.1, -0.05) is 60.7 Å². The highest BCUT2D eigenvalue weighted by Crippen LogP contribution is 2.24. The van der Waals surface area contributed by atoms with Gasteiger partial charge in [0.25, 0.3) is 11.8 Å². The Hall–Kier alpha value is -4.38. The molecule has 0 heterocycles. The van der Waals surface area contributed by atoms with E-state index in [1.807, 2.05) is 85.8 Å². The van der Waals surface area contributed by atoms with Crippen molar-refractivity contribution in [3.8, 4) is 16.9 Å². The summed E-state index contributed by atoms with van der Waals surface area (Å²) in [5.74, 6) is 0.186. The van der Waals surface area contributed by atoms with Crippen molar-refractivity contribution in [3.63, 3.8) is 0 Å². The lowest BCUT2D eigenvalue weighted by Crippen LogP contribution is -2.30. The second kappa shape index (κ2) is 10.5. The maximum Gasteiger partial charge on any atom is 0.265 e. The maximum atomic E-state index is 12.7. The molecule has 5 nitrogen and oxygen atoms in total. The molecule has 0 fully saturated rings. The molecule has 0 aliphatic carbocycles. The Labute approximate surface area is 199 Å². The van der Waals surface area contributed by atoms with Gasteiger partial charge in [0.1, 0.15) is 5.75 Å². The summed E-state index contributed by atoms with van der Waals surface area (Å²) in [6.07, 6.45) is -0.680. The zero-order valence-electron chi connectivity index (χ0n) is 19.1. The van der Waals surface area contributed by atoms with Crippen LogP contribution in [0, 0.1) is 6.92 Å². The summed E-state index contributed by atoms with van der Waals surface area (Å²) >= 11 is 0. The van der Waals surface area contributed by atoms with E-state index < -0.39 is 6.10 Å². The lowest BCUT2D eigenvalue weighted by atomic mass is 10.1. The first-order chi connectivity index (χ1) is 16.5. The average Bonchev–Trinajstić information content (AvgIpc) is 2.87. The highest BCUT2D eigenvalue weighted by molar-refractivity contribution is 6.04. The third kappa shape index (κ3) is 5.70. The normalized spacial score (nSPS) is 11.4. The van der Waals surface area contributed by atoms with E-state index in [0.717, 1.165) is 16.7 Å². The van der Waals surface area contributed by atoms with Crippen LogP contribution in [0.1, 0.15) is 22.8 Å². The van der Waals surface area contributed by atoms with Crippen LogP contribution in [-0.2, 0) is 4.79 Å². The Morgan fingerprint density at radius 1 is 0.735 bits per heavy atom. The van der Waals surface area contributed by atoms with Crippen LogP contribution in [0.2, 0.25) is 0 Å². The molecule has 2 N–H and O–H groups in total. The number of ether oxygens (including phenoxy) is 1. The molecule has 1 atom stereocenters. The summed E-state index contributed by atoms with van der Waals surface area (Å²) in [5.41, 5.74) is 4.96. The lowest BCUT2D eigenvalue weighted by Gasteiger charge is -2.16. The monoisotopic (exact) mass is 450 g/mol. The first kappa shape index (κ1) is 22.8. The maximum absolute atomic E-state index is 12.7. The van der Waals surface area contributed by atoms with Crippen molar-refractivity contribution >= 4 is 23.2 Å². The van der Waals surface area contributed by atoms with E-state index in [-0.39, 0.29) is 11.8 Å². The largest absolute Gasteiger partial charge is 0.481 e. The van der Waals surface area contributed by atoms with E-state index in [1.54, 1.807) is 31.2 Å². The minimum absolute atomic E-state index is 0.180. The van der Waals surface area contributed by atoms with Crippen LogP contribution in [0.3, 0.4) is 0 Å². The average molecular weight is 451 g/mol. The molecule has 4 rings (SSSR count). The number of nitrogens with one attached hydrogen (secondary N) is 2. The molecule has 2 amide bonds. The van der Waals surface area contributed by atoms with Gasteiger partial charge in [0.15, 0.2) is 6.10 Å². The fraction of sp³-hybridized carbons (Fsp3) is 0.103. The van der Waals surface area contributed by atoms with Crippen molar-refractivity contribution in [3.05, 3.63) is 114 Å². The molecule has 4 aromatic rings. The number of aryl methyl sites for hydroxylation is 1. The van der Waals surface area contributed by atoms with E-state index in [4.69, 9.17) is 4.74 Å². The van der Waals surface area contributed by atoms with Crippen molar-refractivity contribution in [1.82, 2.24) is 0 Å². The summed E-state index contributed by atoms with van der Waals surface area (Å²) < 4.78 is 5.83. The van der Waals surface area contributed by atoms with Gasteiger partial charge in [0, 0.05) is 16.9 Å². The molecule has 170 valence electrons. The van der Waals surface area contributed by atoms with Crippen LogP contribution in [0.15, 0.2) is 103 Å². The van der Waals surface area contributed by atoms with Crippen molar-refractivity contribution in [1.29, 1.82) is 0 Å². The first-order valence-corrected chi connectivity index (χ1v) is 11.1. The second-order valence-corrected chi connectivity index (χ2v) is 7.99. The van der Waals surface area contributed by atoms with Gasteiger partial charge in [0.2, 0.25) is 0 Å². The third-order valence-electron chi connectivity index (χ3n) is 5.42. The predicted molar refractivity (Wildman–Crippen MR) is 136 cm³/mol. The molecule has 0 radical (unpaired) electrons. The Morgan fingerprint density at radius 3 is 2.00 bits per heavy atom. The van der Waals surface area contributed by atoms with Gasteiger partial charge in [-0.15, -0.1) is 0 Å². The van der Waals surface area contributed by atoms with Crippen molar-refractivity contribution in [2.24, 2.45) is 0 Å². The highest BCUT2D eigenvalue weighted by atomic mass is 16.5. The van der Waals surface area contributed by atoms with Crippen LogP contribution in [0.5, 0.6) is 5.75 Å². The summed E-state index contributed by atoms with van der Waals surface area (Å²) in [6.45, 7) is 3.59. The van der Waals surface area contributed by atoms with Crippen LogP contribution >= 0.6 is 0 Å². The summed E-state index contributed by atoms with van der Waals surface area (Å²) in [6, 6.07) is 32.1. The lowest BCUT2D eigenvalue weighted by molar-refractivity contribution is -0.122. The van der Waals surface area contributed by atoms with E-state index in [2.05, 4.69) is 10.6 Å². The molecule has 1 unspecified atom stereocenters. The topological polar surface area (TPSA) is 67.4 Å². The van der Waals surface area contributed by atoms with Crippen LogP contribution in [0.4, 0.5) is 11.4 Å². The van der Waals surface area contributed by atoms with E-state index in [1.165, 1.54) is 0 Å². The number of carbonyl (C=O) groups is 2. The fourth-order valence-corrected chi connectivity index (χ4v) is 3.52. The third-order valence-corrected chi connectivity index (χ3v) is 5.42. The minimum Gasteiger partial charge on any atom is -0.481 e.